The molecule has 31 heavy (non-hydrogen) atoms. The Morgan fingerprint density at radius 3 is 2.32 bits per heavy atom. The van der Waals surface area contributed by atoms with Gasteiger partial charge in [0.1, 0.15) is 0 Å². The summed E-state index contributed by atoms with van der Waals surface area (Å²) in [4.78, 5) is 29.2. The molecule has 160 valence electrons. The maximum atomic E-state index is 12.7. The number of amides is 1. The lowest BCUT2D eigenvalue weighted by atomic mass is 10.1. The van der Waals surface area contributed by atoms with Gasteiger partial charge in [0, 0.05) is 50.8 Å². The van der Waals surface area contributed by atoms with Crippen molar-refractivity contribution in [2.24, 2.45) is 0 Å². The number of benzene rings is 2. The number of aromatic nitrogens is 2. The summed E-state index contributed by atoms with van der Waals surface area (Å²) in [6.07, 6.45) is 0.281. The molecule has 2 aromatic carbocycles. The van der Waals surface area contributed by atoms with Gasteiger partial charge in [-0.2, -0.15) is 5.10 Å². The fraction of sp³-hybridized carbons (Fsp3) is 0.320. The summed E-state index contributed by atoms with van der Waals surface area (Å²) in [6, 6.07) is 21.7. The SMILES string of the molecule is Cc1ccc(-c2ccc(=O)n(CCC(=O)N3CCN(Cc4ccccc4)CC3)n2)cc1. The van der Waals surface area contributed by atoms with Gasteiger partial charge < -0.3 is 4.90 Å². The highest BCUT2D eigenvalue weighted by atomic mass is 16.2. The third kappa shape index (κ3) is 5.47. The summed E-state index contributed by atoms with van der Waals surface area (Å²) in [5.41, 5.74) is 3.98. The standard InChI is InChI=1S/C25H28N4O2/c1-20-7-9-22(10-8-20)23-11-12-25(31)29(26-23)14-13-24(30)28-17-15-27(16-18-28)19-21-5-3-2-4-6-21/h2-12H,13-19H2,1H3. The van der Waals surface area contributed by atoms with Crippen LogP contribution in [-0.4, -0.2) is 51.7 Å². The van der Waals surface area contributed by atoms with E-state index in [9.17, 15) is 9.59 Å². The predicted molar refractivity (Wildman–Crippen MR) is 122 cm³/mol. The van der Waals surface area contributed by atoms with E-state index < -0.39 is 0 Å². The molecule has 4 rings (SSSR count). The third-order valence-corrected chi connectivity index (χ3v) is 5.73. The highest BCUT2D eigenvalue weighted by Crippen LogP contribution is 2.16. The number of carbonyl (C=O) groups excluding carboxylic acids is 1. The quantitative estimate of drug-likeness (QED) is 0.620. The molecule has 0 bridgehead atoms. The molecule has 1 aliphatic heterocycles. The van der Waals surface area contributed by atoms with E-state index in [4.69, 9.17) is 0 Å². The Bertz CT molecular complexity index is 1070. The van der Waals surface area contributed by atoms with Crippen molar-refractivity contribution in [2.75, 3.05) is 26.2 Å². The number of rotatable bonds is 6. The van der Waals surface area contributed by atoms with Crippen LogP contribution in [-0.2, 0) is 17.9 Å². The number of aryl methyl sites for hydroxylation is 2. The van der Waals surface area contributed by atoms with E-state index in [1.807, 2.05) is 42.2 Å². The molecule has 0 aliphatic carbocycles. The molecule has 1 amide bonds. The maximum absolute atomic E-state index is 12.7. The van der Waals surface area contributed by atoms with Gasteiger partial charge in [0.15, 0.2) is 0 Å². The minimum Gasteiger partial charge on any atom is -0.340 e. The molecule has 6 nitrogen and oxygen atoms in total. The third-order valence-electron chi connectivity index (χ3n) is 5.73. The van der Waals surface area contributed by atoms with Crippen LogP contribution < -0.4 is 5.56 Å². The molecule has 1 saturated heterocycles. The van der Waals surface area contributed by atoms with E-state index in [1.54, 1.807) is 6.07 Å². The lowest BCUT2D eigenvalue weighted by Gasteiger charge is -2.34. The Morgan fingerprint density at radius 2 is 1.61 bits per heavy atom. The first-order chi connectivity index (χ1) is 15.1. The number of hydrogen-bond acceptors (Lipinski definition) is 4. The van der Waals surface area contributed by atoms with Crippen molar-refractivity contribution in [1.82, 2.24) is 19.6 Å². The van der Waals surface area contributed by atoms with Crippen molar-refractivity contribution in [3.8, 4) is 11.3 Å². The molecule has 0 saturated carbocycles. The number of piperazine rings is 1. The summed E-state index contributed by atoms with van der Waals surface area (Å²) in [5, 5.41) is 4.47. The zero-order valence-corrected chi connectivity index (χ0v) is 17.9. The molecule has 1 aromatic heterocycles. The van der Waals surface area contributed by atoms with Gasteiger partial charge in [-0.1, -0.05) is 60.2 Å². The Balaban J connectivity index is 1.31. The first-order valence-electron chi connectivity index (χ1n) is 10.8. The first-order valence-corrected chi connectivity index (χ1v) is 10.8. The van der Waals surface area contributed by atoms with Crippen LogP contribution in [0.1, 0.15) is 17.5 Å². The minimum atomic E-state index is -0.184. The summed E-state index contributed by atoms with van der Waals surface area (Å²) in [7, 11) is 0. The zero-order chi connectivity index (χ0) is 21.6. The topological polar surface area (TPSA) is 58.4 Å². The molecule has 0 unspecified atom stereocenters. The second-order valence-electron chi connectivity index (χ2n) is 8.04. The summed E-state index contributed by atoms with van der Waals surface area (Å²) < 4.78 is 1.40. The molecule has 3 aromatic rings. The molecular weight excluding hydrogens is 388 g/mol. The van der Waals surface area contributed by atoms with Crippen molar-refractivity contribution in [1.29, 1.82) is 0 Å². The summed E-state index contributed by atoms with van der Waals surface area (Å²) in [5.74, 6) is 0.0776. The fourth-order valence-electron chi connectivity index (χ4n) is 3.84. The molecule has 1 fully saturated rings. The van der Waals surface area contributed by atoms with Gasteiger partial charge in [-0.05, 0) is 18.6 Å². The number of carbonyl (C=O) groups is 1. The molecule has 2 heterocycles. The van der Waals surface area contributed by atoms with Gasteiger partial charge in [0.2, 0.25) is 5.91 Å². The van der Waals surface area contributed by atoms with Crippen molar-refractivity contribution < 1.29 is 4.79 Å². The van der Waals surface area contributed by atoms with Gasteiger partial charge in [-0.25, -0.2) is 4.68 Å². The number of hydrogen-bond donors (Lipinski definition) is 0. The van der Waals surface area contributed by atoms with Gasteiger partial charge in [0.25, 0.3) is 5.56 Å². The Hall–Kier alpha value is -3.25. The van der Waals surface area contributed by atoms with Gasteiger partial charge >= 0.3 is 0 Å². The van der Waals surface area contributed by atoms with Crippen LogP contribution in [0.4, 0.5) is 0 Å². The van der Waals surface area contributed by atoms with Crippen LogP contribution in [0.2, 0.25) is 0 Å². The minimum absolute atomic E-state index is 0.0776. The summed E-state index contributed by atoms with van der Waals surface area (Å²) in [6.45, 7) is 6.40. The van der Waals surface area contributed by atoms with Crippen LogP contribution >= 0.6 is 0 Å². The van der Waals surface area contributed by atoms with E-state index >= 15 is 0 Å². The Morgan fingerprint density at radius 1 is 0.903 bits per heavy atom. The number of nitrogens with zero attached hydrogens (tertiary/aromatic N) is 4. The van der Waals surface area contributed by atoms with Crippen molar-refractivity contribution in [3.63, 3.8) is 0 Å². The average Bonchev–Trinajstić information content (AvgIpc) is 2.80. The first kappa shape index (κ1) is 21.0. The predicted octanol–water partition coefficient (Wildman–Crippen LogP) is 2.95. The Kier molecular flexibility index (Phi) is 6.57. The van der Waals surface area contributed by atoms with Gasteiger partial charge in [0.05, 0.1) is 12.2 Å². The van der Waals surface area contributed by atoms with E-state index in [0.29, 0.717) is 6.54 Å². The maximum Gasteiger partial charge on any atom is 0.266 e. The highest BCUT2D eigenvalue weighted by Gasteiger charge is 2.21. The van der Waals surface area contributed by atoms with Crippen LogP contribution in [0.25, 0.3) is 11.3 Å². The molecule has 1 aliphatic rings. The highest BCUT2D eigenvalue weighted by molar-refractivity contribution is 5.76. The summed E-state index contributed by atoms with van der Waals surface area (Å²) >= 11 is 0. The van der Waals surface area contributed by atoms with Crippen molar-refractivity contribution in [2.45, 2.75) is 26.4 Å². The van der Waals surface area contributed by atoms with E-state index in [-0.39, 0.29) is 17.9 Å². The average molecular weight is 417 g/mol. The van der Waals surface area contributed by atoms with E-state index in [2.05, 4.69) is 34.3 Å². The second kappa shape index (κ2) is 9.71. The smallest absolute Gasteiger partial charge is 0.266 e. The van der Waals surface area contributed by atoms with Crippen molar-refractivity contribution in [3.05, 3.63) is 88.2 Å². The van der Waals surface area contributed by atoms with Gasteiger partial charge in [-0.15, -0.1) is 0 Å². The van der Waals surface area contributed by atoms with Crippen LogP contribution in [0.5, 0.6) is 0 Å². The van der Waals surface area contributed by atoms with Crippen LogP contribution in [0.3, 0.4) is 0 Å². The largest absolute Gasteiger partial charge is 0.340 e. The fourth-order valence-corrected chi connectivity index (χ4v) is 3.84. The van der Waals surface area contributed by atoms with Crippen LogP contribution in [0.15, 0.2) is 71.5 Å². The molecule has 0 atom stereocenters. The van der Waals surface area contributed by atoms with E-state index in [0.717, 1.165) is 44.0 Å². The van der Waals surface area contributed by atoms with Crippen molar-refractivity contribution >= 4 is 5.91 Å². The lowest BCUT2D eigenvalue weighted by Crippen LogP contribution is -2.48. The molecule has 6 heteroatoms. The lowest BCUT2D eigenvalue weighted by molar-refractivity contribution is -0.133. The zero-order valence-electron chi connectivity index (χ0n) is 17.9. The van der Waals surface area contributed by atoms with Crippen LogP contribution in [0, 0.1) is 6.92 Å². The molecule has 0 N–H and O–H groups in total. The molecular formula is C25H28N4O2. The Labute approximate surface area is 182 Å². The van der Waals surface area contributed by atoms with Gasteiger partial charge in [-0.3, -0.25) is 14.5 Å². The monoisotopic (exact) mass is 416 g/mol. The van der Waals surface area contributed by atoms with E-state index in [1.165, 1.54) is 21.9 Å². The molecule has 0 spiro atoms. The second-order valence-corrected chi connectivity index (χ2v) is 8.04. The molecule has 0 radical (unpaired) electrons. The normalized spacial score (nSPS) is 14.5.